The van der Waals surface area contributed by atoms with E-state index in [9.17, 15) is 18.7 Å². The Kier molecular flexibility index (Phi) is 11.2. The molecule has 1 saturated carbocycles. The number of hydroxylamine groups is 1. The van der Waals surface area contributed by atoms with Crippen LogP contribution in [0.1, 0.15) is 33.5 Å². The summed E-state index contributed by atoms with van der Waals surface area (Å²) < 4.78 is 45.4. The first kappa shape index (κ1) is 32.8. The number of ether oxygens (including phenoxy) is 2. The van der Waals surface area contributed by atoms with Crippen molar-refractivity contribution in [1.82, 2.24) is 5.48 Å². The Hall–Kier alpha value is -4.55. The molecule has 1 N–H and O–H groups in total. The van der Waals surface area contributed by atoms with Gasteiger partial charge in [0, 0.05) is 4.91 Å². The van der Waals surface area contributed by atoms with Crippen LogP contribution in [0.2, 0.25) is 0 Å². The van der Waals surface area contributed by atoms with E-state index in [-0.39, 0.29) is 30.1 Å². The lowest BCUT2D eigenvalue weighted by atomic mass is 9.84. The third-order valence-corrected chi connectivity index (χ3v) is 8.85. The van der Waals surface area contributed by atoms with E-state index in [2.05, 4.69) is 15.5 Å². The van der Waals surface area contributed by atoms with E-state index in [1.165, 1.54) is 12.1 Å². The first-order valence-electron chi connectivity index (χ1n) is 14.7. The minimum atomic E-state index is -4.37. The van der Waals surface area contributed by atoms with E-state index < -0.39 is 46.5 Å². The lowest BCUT2D eigenvalue weighted by molar-refractivity contribution is -0.157. The van der Waals surface area contributed by atoms with Gasteiger partial charge in [0.2, 0.25) is 0 Å². The van der Waals surface area contributed by atoms with Crippen LogP contribution < -0.4 is 5.48 Å². The number of benzene rings is 4. The number of aryl methyl sites for hydroxylation is 1. The van der Waals surface area contributed by atoms with Crippen molar-refractivity contribution in [2.75, 3.05) is 0 Å². The standard InChI is InChI=1S/C34H34N4O7S/c1-24-17-19-28(20-18-24)46(40,41)45-32-29(36-38-35)21-30(37-43-23-26-13-7-3-8-14-26)31(44-34(39)27-15-9-4-10-16-27)33(32)42-22-25-11-5-2-6-12-25/h2-20,29-33,37H,21-23H2,1H3/t29-,30+,31-,32+,33+/m1/s1. The molecule has 5 atom stereocenters. The quantitative estimate of drug-likeness (QED) is 0.0463. The molecule has 0 aliphatic heterocycles. The second kappa shape index (κ2) is 15.6. The average molecular weight is 643 g/mol. The maximum absolute atomic E-state index is 13.6. The summed E-state index contributed by atoms with van der Waals surface area (Å²) in [6.07, 6.45) is -3.69. The zero-order chi connectivity index (χ0) is 32.4. The van der Waals surface area contributed by atoms with Crippen LogP contribution in [-0.4, -0.2) is 44.8 Å². The SMILES string of the molecule is Cc1ccc(S(=O)(=O)O[C@@H]2[C@@H](OCc3ccccc3)[C@H](OC(=O)c3ccccc3)[C@@H](NOCc3ccccc3)C[C@H]2N=[N+]=[N-])cc1. The van der Waals surface area contributed by atoms with Crippen molar-refractivity contribution in [3.63, 3.8) is 0 Å². The van der Waals surface area contributed by atoms with Crippen LogP contribution in [0.15, 0.2) is 125 Å². The third kappa shape index (κ3) is 8.58. The van der Waals surface area contributed by atoms with Gasteiger partial charge in [-0.15, -0.1) is 0 Å². The van der Waals surface area contributed by atoms with Gasteiger partial charge in [-0.1, -0.05) is 102 Å². The number of carbonyl (C=O) groups is 1. The van der Waals surface area contributed by atoms with Crippen molar-refractivity contribution >= 4 is 16.1 Å². The van der Waals surface area contributed by atoms with Crippen LogP contribution in [0, 0.1) is 6.92 Å². The van der Waals surface area contributed by atoms with E-state index in [0.29, 0.717) is 0 Å². The van der Waals surface area contributed by atoms with Crippen LogP contribution in [0.5, 0.6) is 0 Å². The van der Waals surface area contributed by atoms with Gasteiger partial charge in [0.25, 0.3) is 10.1 Å². The van der Waals surface area contributed by atoms with Crippen LogP contribution in [-0.2, 0) is 41.8 Å². The largest absolute Gasteiger partial charge is 0.454 e. The van der Waals surface area contributed by atoms with Gasteiger partial charge in [-0.05, 0) is 54.3 Å². The second-order valence-electron chi connectivity index (χ2n) is 10.8. The van der Waals surface area contributed by atoms with E-state index in [1.807, 2.05) is 67.6 Å². The fraction of sp³-hybridized carbons (Fsp3) is 0.265. The molecule has 0 aromatic heterocycles. The molecule has 1 aliphatic carbocycles. The molecule has 0 amide bonds. The Morgan fingerprint density at radius 3 is 2.02 bits per heavy atom. The summed E-state index contributed by atoms with van der Waals surface area (Å²) in [5.74, 6) is -0.656. The molecule has 238 valence electrons. The summed E-state index contributed by atoms with van der Waals surface area (Å²) in [5, 5.41) is 3.93. The molecule has 1 aliphatic rings. The number of nitrogens with one attached hydrogen (secondary N) is 1. The van der Waals surface area contributed by atoms with Gasteiger partial charge in [-0.3, -0.25) is 9.02 Å². The molecular formula is C34H34N4O7S. The Balaban J connectivity index is 1.51. The molecule has 0 saturated heterocycles. The first-order chi connectivity index (χ1) is 22.3. The van der Waals surface area contributed by atoms with E-state index in [4.69, 9.17) is 18.5 Å². The van der Waals surface area contributed by atoms with Crippen LogP contribution >= 0.6 is 0 Å². The van der Waals surface area contributed by atoms with Crippen molar-refractivity contribution in [2.24, 2.45) is 5.11 Å². The molecule has 11 nitrogen and oxygen atoms in total. The lowest BCUT2D eigenvalue weighted by Gasteiger charge is -2.44. The molecule has 0 unspecified atom stereocenters. The van der Waals surface area contributed by atoms with Crippen LogP contribution in [0.4, 0.5) is 0 Å². The molecule has 0 radical (unpaired) electrons. The summed E-state index contributed by atoms with van der Waals surface area (Å²) >= 11 is 0. The van der Waals surface area contributed by atoms with E-state index in [0.717, 1.165) is 16.7 Å². The summed E-state index contributed by atoms with van der Waals surface area (Å²) in [6, 6.07) is 31.4. The number of esters is 1. The highest BCUT2D eigenvalue weighted by atomic mass is 32.2. The predicted octanol–water partition coefficient (Wildman–Crippen LogP) is 6.05. The normalized spacial score (nSPS) is 21.2. The predicted molar refractivity (Wildman–Crippen MR) is 170 cm³/mol. The van der Waals surface area contributed by atoms with Gasteiger partial charge < -0.3 is 9.47 Å². The zero-order valence-corrected chi connectivity index (χ0v) is 25.9. The number of rotatable bonds is 13. The molecule has 4 aromatic rings. The van der Waals surface area contributed by atoms with Gasteiger partial charge in [0.1, 0.15) is 18.3 Å². The first-order valence-corrected chi connectivity index (χ1v) is 16.1. The molecule has 5 rings (SSSR count). The molecular weight excluding hydrogens is 608 g/mol. The van der Waals surface area contributed by atoms with E-state index >= 15 is 0 Å². The Morgan fingerprint density at radius 2 is 1.41 bits per heavy atom. The van der Waals surface area contributed by atoms with Crippen LogP contribution in [0.3, 0.4) is 0 Å². The Labute approximate surface area is 267 Å². The van der Waals surface area contributed by atoms with Crippen molar-refractivity contribution in [2.45, 2.75) is 61.8 Å². The lowest BCUT2D eigenvalue weighted by Crippen LogP contribution is -2.62. The monoisotopic (exact) mass is 642 g/mol. The fourth-order valence-corrected chi connectivity index (χ4v) is 6.27. The van der Waals surface area contributed by atoms with Crippen molar-refractivity contribution < 1.29 is 31.7 Å². The highest BCUT2D eigenvalue weighted by Gasteiger charge is 2.50. The van der Waals surface area contributed by atoms with Gasteiger partial charge >= 0.3 is 5.97 Å². The number of carbonyl (C=O) groups excluding carboxylic acids is 1. The molecule has 1 fully saturated rings. The average Bonchev–Trinajstić information content (AvgIpc) is 3.07. The van der Waals surface area contributed by atoms with Crippen molar-refractivity contribution in [3.8, 4) is 0 Å². The van der Waals surface area contributed by atoms with Gasteiger partial charge in [0.05, 0.1) is 35.8 Å². The van der Waals surface area contributed by atoms with Crippen LogP contribution in [0.25, 0.3) is 10.4 Å². The highest BCUT2D eigenvalue weighted by molar-refractivity contribution is 7.86. The number of azide groups is 1. The molecule has 46 heavy (non-hydrogen) atoms. The third-order valence-electron chi connectivity index (χ3n) is 7.52. The Morgan fingerprint density at radius 1 is 0.826 bits per heavy atom. The number of nitrogens with zero attached hydrogens (tertiary/aromatic N) is 3. The molecule has 0 spiro atoms. The maximum Gasteiger partial charge on any atom is 0.338 e. The molecule has 0 bridgehead atoms. The topological polar surface area (TPSA) is 149 Å². The summed E-state index contributed by atoms with van der Waals surface area (Å²) in [5.41, 5.74) is 15.3. The van der Waals surface area contributed by atoms with Crippen molar-refractivity contribution in [3.05, 3.63) is 148 Å². The second-order valence-corrected chi connectivity index (χ2v) is 12.4. The summed E-state index contributed by atoms with van der Waals surface area (Å²) in [6.45, 7) is 2.04. The highest BCUT2D eigenvalue weighted by Crippen LogP contribution is 2.33. The van der Waals surface area contributed by atoms with Crippen molar-refractivity contribution in [1.29, 1.82) is 0 Å². The number of hydrogen-bond donors (Lipinski definition) is 1. The minimum absolute atomic E-state index is 0.00483. The maximum atomic E-state index is 13.6. The number of hydrogen-bond acceptors (Lipinski definition) is 9. The van der Waals surface area contributed by atoms with E-state index in [1.54, 1.807) is 42.5 Å². The molecule has 4 aromatic carbocycles. The minimum Gasteiger partial charge on any atom is -0.454 e. The van der Waals surface area contributed by atoms with Gasteiger partial charge in [-0.25, -0.2) is 4.79 Å². The smallest absolute Gasteiger partial charge is 0.338 e. The summed E-state index contributed by atoms with van der Waals surface area (Å²) in [4.78, 5) is 22.2. The molecule has 12 heteroatoms. The van der Waals surface area contributed by atoms with Gasteiger partial charge in [0.15, 0.2) is 0 Å². The Bertz CT molecular complexity index is 1720. The fourth-order valence-electron chi connectivity index (χ4n) is 5.16. The summed E-state index contributed by atoms with van der Waals surface area (Å²) in [7, 11) is -4.37. The van der Waals surface area contributed by atoms with Gasteiger partial charge in [-0.2, -0.15) is 13.9 Å². The molecule has 0 heterocycles. The zero-order valence-electron chi connectivity index (χ0n) is 25.1.